The first-order valence-electron chi connectivity index (χ1n) is 8.82. The fraction of sp³-hybridized carbons (Fsp3) is 0.350. The van der Waals surface area contributed by atoms with Crippen LogP contribution in [0.5, 0.6) is 0 Å². The fourth-order valence-electron chi connectivity index (χ4n) is 3.11. The third kappa shape index (κ3) is 4.69. The number of carbonyl (C=O) groups is 1. The van der Waals surface area contributed by atoms with Crippen molar-refractivity contribution in [3.05, 3.63) is 70.8 Å². The smallest absolute Gasteiger partial charge is 0.416 e. The molecule has 3 rings (SSSR count). The van der Waals surface area contributed by atoms with Crippen LogP contribution < -0.4 is 5.32 Å². The Kier molecular flexibility index (Phi) is 5.72. The van der Waals surface area contributed by atoms with E-state index >= 15 is 0 Å². The van der Waals surface area contributed by atoms with Gasteiger partial charge in [-0.2, -0.15) is 26.3 Å². The molecule has 1 aliphatic heterocycles. The molecule has 2 aromatic carbocycles. The van der Waals surface area contributed by atoms with E-state index < -0.39 is 41.2 Å². The van der Waals surface area contributed by atoms with E-state index in [0.29, 0.717) is 17.7 Å². The topological polar surface area (TPSA) is 47.6 Å². The number of halogens is 6. The monoisotopic (exact) mass is 433 g/mol. The maximum atomic E-state index is 13.1. The van der Waals surface area contributed by atoms with Gasteiger partial charge in [-0.25, -0.2) is 4.79 Å². The third-order valence-electron chi connectivity index (χ3n) is 4.78. The molecule has 1 heterocycles. The molecule has 30 heavy (non-hydrogen) atoms. The first-order valence-corrected chi connectivity index (χ1v) is 8.82. The molecule has 1 aliphatic rings. The highest BCUT2D eigenvalue weighted by Crippen LogP contribution is 2.38. The van der Waals surface area contributed by atoms with Crippen LogP contribution in [-0.2, 0) is 27.4 Å². The summed E-state index contributed by atoms with van der Waals surface area (Å²) in [5.41, 5.74) is -3.61. The number of nitrogens with one attached hydrogen (secondary N) is 1. The highest BCUT2D eigenvalue weighted by molar-refractivity contribution is 5.71. The Balaban J connectivity index is 1.88. The highest BCUT2D eigenvalue weighted by atomic mass is 19.4. The van der Waals surface area contributed by atoms with Crippen LogP contribution in [0.4, 0.5) is 31.1 Å². The quantitative estimate of drug-likeness (QED) is 0.639. The summed E-state index contributed by atoms with van der Waals surface area (Å²) in [4.78, 5) is 11.6. The number of ether oxygens (including phenoxy) is 2. The minimum atomic E-state index is -4.95. The third-order valence-corrected chi connectivity index (χ3v) is 4.78. The van der Waals surface area contributed by atoms with Crippen LogP contribution in [0.2, 0.25) is 0 Å². The van der Waals surface area contributed by atoms with E-state index in [2.05, 4.69) is 5.32 Å². The van der Waals surface area contributed by atoms with Gasteiger partial charge in [-0.15, -0.1) is 0 Å². The molecule has 0 aliphatic carbocycles. The van der Waals surface area contributed by atoms with Gasteiger partial charge in [0.2, 0.25) is 0 Å². The number of carbonyl (C=O) groups excluding carboxylic acids is 1. The lowest BCUT2D eigenvalue weighted by Crippen LogP contribution is -2.45. The Morgan fingerprint density at radius 2 is 1.60 bits per heavy atom. The molecule has 2 aromatic rings. The lowest BCUT2D eigenvalue weighted by atomic mass is 9.92. The van der Waals surface area contributed by atoms with E-state index in [1.54, 1.807) is 30.3 Å². The summed E-state index contributed by atoms with van der Waals surface area (Å²) in [5, 5.41) is 2.62. The minimum absolute atomic E-state index is 0.0622. The van der Waals surface area contributed by atoms with Crippen molar-refractivity contribution in [1.29, 1.82) is 0 Å². The molecule has 1 amide bonds. The molecule has 162 valence electrons. The average molecular weight is 433 g/mol. The molecule has 2 atom stereocenters. The maximum absolute atomic E-state index is 13.1. The molecule has 0 spiro atoms. The number of benzene rings is 2. The van der Waals surface area contributed by atoms with Gasteiger partial charge in [-0.05, 0) is 36.2 Å². The van der Waals surface area contributed by atoms with Crippen LogP contribution >= 0.6 is 0 Å². The second-order valence-corrected chi connectivity index (χ2v) is 6.94. The summed E-state index contributed by atoms with van der Waals surface area (Å²) in [6.07, 6.45) is -11.7. The molecule has 0 aromatic heterocycles. The van der Waals surface area contributed by atoms with E-state index in [1.807, 2.05) is 0 Å². The van der Waals surface area contributed by atoms with Gasteiger partial charge < -0.3 is 14.8 Å². The summed E-state index contributed by atoms with van der Waals surface area (Å²) in [6, 6.07) is 9.90. The van der Waals surface area contributed by atoms with Gasteiger partial charge in [-0.1, -0.05) is 30.3 Å². The molecule has 0 radical (unpaired) electrons. The normalized spacial score (nSPS) is 20.6. The standard InChI is InChI=1S/C20H17F6NO3/c1-12(13-7-15(19(21,22)23)9-16(8-13)20(24,25)26)29-10-18(11-30-17(28)27-18)14-5-3-2-4-6-14/h2-9,12H,10-11H2,1H3,(H,27,28)/t12-,18+/m1/s1. The van der Waals surface area contributed by atoms with E-state index in [1.165, 1.54) is 6.92 Å². The Bertz CT molecular complexity index is 881. The predicted molar refractivity (Wildman–Crippen MR) is 93.4 cm³/mol. The van der Waals surface area contributed by atoms with Crippen LogP contribution in [0, 0.1) is 0 Å². The maximum Gasteiger partial charge on any atom is 0.416 e. The molecular weight excluding hydrogens is 416 g/mol. The van der Waals surface area contributed by atoms with Crippen molar-refractivity contribution in [2.75, 3.05) is 13.2 Å². The van der Waals surface area contributed by atoms with Crippen molar-refractivity contribution in [1.82, 2.24) is 5.32 Å². The van der Waals surface area contributed by atoms with E-state index in [-0.39, 0.29) is 24.8 Å². The summed E-state index contributed by atoms with van der Waals surface area (Å²) in [7, 11) is 0. The zero-order valence-electron chi connectivity index (χ0n) is 15.6. The molecule has 1 fully saturated rings. The minimum Gasteiger partial charge on any atom is -0.447 e. The molecule has 10 heteroatoms. The Morgan fingerprint density at radius 1 is 1.03 bits per heavy atom. The molecular formula is C20H17F6NO3. The second-order valence-electron chi connectivity index (χ2n) is 6.94. The van der Waals surface area contributed by atoms with Gasteiger partial charge in [0.15, 0.2) is 0 Å². The van der Waals surface area contributed by atoms with E-state index in [9.17, 15) is 31.1 Å². The average Bonchev–Trinajstić information content (AvgIpc) is 3.07. The van der Waals surface area contributed by atoms with Crippen LogP contribution in [0.15, 0.2) is 48.5 Å². The fourth-order valence-corrected chi connectivity index (χ4v) is 3.11. The SMILES string of the molecule is C[C@@H](OC[C@@]1(c2ccccc2)COC(=O)N1)c1cc(C(F)(F)F)cc(C(F)(F)F)c1. The van der Waals surface area contributed by atoms with Crippen molar-refractivity contribution in [2.45, 2.75) is 30.9 Å². The predicted octanol–water partition coefficient (Wildman–Crippen LogP) is 5.44. The first kappa shape index (κ1) is 21.9. The van der Waals surface area contributed by atoms with Gasteiger partial charge >= 0.3 is 18.4 Å². The summed E-state index contributed by atoms with van der Waals surface area (Å²) < 4.78 is 89.1. The number of alkyl carbamates (subject to hydrolysis) is 1. The lowest BCUT2D eigenvalue weighted by Gasteiger charge is -2.29. The van der Waals surface area contributed by atoms with Crippen molar-refractivity contribution in [3.8, 4) is 0 Å². The summed E-state index contributed by atoms with van der Waals surface area (Å²) in [5.74, 6) is 0. The second kappa shape index (κ2) is 7.82. The Morgan fingerprint density at radius 3 is 2.07 bits per heavy atom. The van der Waals surface area contributed by atoms with E-state index in [0.717, 1.165) is 0 Å². The number of hydrogen-bond acceptors (Lipinski definition) is 3. The van der Waals surface area contributed by atoms with Crippen LogP contribution in [0.25, 0.3) is 0 Å². The molecule has 4 nitrogen and oxygen atoms in total. The summed E-state index contributed by atoms with van der Waals surface area (Å²) in [6.45, 7) is 1.02. The highest BCUT2D eigenvalue weighted by Gasteiger charge is 2.42. The lowest BCUT2D eigenvalue weighted by molar-refractivity contribution is -0.143. The van der Waals surface area contributed by atoms with Gasteiger partial charge in [0.05, 0.1) is 23.8 Å². The Hall–Kier alpha value is -2.75. The molecule has 0 unspecified atom stereocenters. The zero-order chi connectivity index (χ0) is 22.2. The number of alkyl halides is 6. The van der Waals surface area contributed by atoms with Crippen molar-refractivity contribution in [3.63, 3.8) is 0 Å². The van der Waals surface area contributed by atoms with Crippen molar-refractivity contribution < 1.29 is 40.6 Å². The molecule has 1 N–H and O–H groups in total. The Labute approximate surface area is 167 Å². The zero-order valence-corrected chi connectivity index (χ0v) is 15.6. The molecule has 0 saturated carbocycles. The number of cyclic esters (lactones) is 1. The van der Waals surface area contributed by atoms with Gasteiger partial charge in [0.25, 0.3) is 0 Å². The van der Waals surface area contributed by atoms with Gasteiger partial charge in [0.1, 0.15) is 12.1 Å². The van der Waals surface area contributed by atoms with Crippen LogP contribution in [-0.4, -0.2) is 19.3 Å². The first-order chi connectivity index (χ1) is 13.9. The molecule has 1 saturated heterocycles. The van der Waals surface area contributed by atoms with E-state index in [4.69, 9.17) is 9.47 Å². The van der Waals surface area contributed by atoms with Gasteiger partial charge in [0, 0.05) is 0 Å². The van der Waals surface area contributed by atoms with Gasteiger partial charge in [-0.3, -0.25) is 0 Å². The van der Waals surface area contributed by atoms with Crippen LogP contribution in [0.3, 0.4) is 0 Å². The van der Waals surface area contributed by atoms with Crippen LogP contribution in [0.1, 0.15) is 35.3 Å². The molecule has 0 bridgehead atoms. The number of rotatable bonds is 5. The number of amides is 1. The summed E-state index contributed by atoms with van der Waals surface area (Å²) >= 11 is 0. The van der Waals surface area contributed by atoms with Crippen molar-refractivity contribution in [2.24, 2.45) is 0 Å². The number of hydrogen-bond donors (Lipinski definition) is 1. The largest absolute Gasteiger partial charge is 0.447 e. The van der Waals surface area contributed by atoms with Crippen molar-refractivity contribution >= 4 is 6.09 Å².